The highest BCUT2D eigenvalue weighted by Crippen LogP contribution is 2.30. The Labute approximate surface area is 136 Å². The normalized spacial score (nSPS) is 9.95. The quantitative estimate of drug-likeness (QED) is 0.563. The van der Waals surface area contributed by atoms with Gasteiger partial charge in [0.15, 0.2) is 0 Å². The maximum Gasteiger partial charge on any atom is 0.0730 e. The highest BCUT2D eigenvalue weighted by molar-refractivity contribution is 6.07. The van der Waals surface area contributed by atoms with E-state index in [1.165, 1.54) is 10.8 Å². The first-order valence-corrected chi connectivity index (χ1v) is 6.61. The maximum absolute atomic E-state index is 5.57. The molecule has 2 aromatic carbocycles. The van der Waals surface area contributed by atoms with Gasteiger partial charge < -0.3 is 11.1 Å². The molecule has 1 heterocycles. The molecule has 0 fully saturated rings. The first kappa shape index (κ1) is 17.5. The Morgan fingerprint density at radius 3 is 1.90 bits per heavy atom. The van der Waals surface area contributed by atoms with Gasteiger partial charge in [-0.2, -0.15) is 0 Å². The third-order valence-electron chi connectivity index (χ3n) is 3.27. The van der Waals surface area contributed by atoms with E-state index in [9.17, 15) is 0 Å². The molecule has 0 aliphatic heterocycles. The fraction of sp³-hybridized carbons (Fsp3) is 0.188. The van der Waals surface area contributed by atoms with E-state index in [4.69, 9.17) is 10.7 Å². The van der Waals surface area contributed by atoms with Crippen LogP contribution in [0.1, 0.15) is 6.42 Å². The van der Waals surface area contributed by atoms with Crippen molar-refractivity contribution in [3.8, 4) is 0 Å². The van der Waals surface area contributed by atoms with Crippen LogP contribution in [-0.4, -0.2) is 18.1 Å². The fourth-order valence-corrected chi connectivity index (χ4v) is 2.35. The molecule has 0 aliphatic carbocycles. The molecule has 21 heavy (non-hydrogen) atoms. The molecule has 1 aromatic heterocycles. The van der Waals surface area contributed by atoms with Gasteiger partial charge in [0.1, 0.15) is 0 Å². The number of aromatic nitrogens is 1. The number of hydrogen-bond donors (Lipinski definition) is 2. The molecule has 0 saturated heterocycles. The lowest BCUT2D eigenvalue weighted by Crippen LogP contribution is -2.09. The molecule has 0 radical (unpaired) electrons. The Bertz CT molecular complexity index is 662. The second-order valence-electron chi connectivity index (χ2n) is 4.59. The first-order valence-electron chi connectivity index (χ1n) is 6.61. The molecule has 3 rings (SSSR count). The van der Waals surface area contributed by atoms with Crippen LogP contribution in [0.5, 0.6) is 0 Å². The van der Waals surface area contributed by atoms with E-state index >= 15 is 0 Å². The van der Waals surface area contributed by atoms with Crippen molar-refractivity contribution in [2.24, 2.45) is 5.73 Å². The van der Waals surface area contributed by atoms with Crippen LogP contribution < -0.4 is 11.1 Å². The molecular formula is C16H19Cl2N3. The van der Waals surface area contributed by atoms with E-state index < -0.39 is 0 Å². The molecule has 0 bridgehead atoms. The molecule has 3 N–H and O–H groups in total. The van der Waals surface area contributed by atoms with Gasteiger partial charge in [-0.1, -0.05) is 36.4 Å². The van der Waals surface area contributed by atoms with Crippen LogP contribution in [0.25, 0.3) is 21.8 Å². The number of fused-ring (bicyclic) bond motifs is 2. The van der Waals surface area contributed by atoms with Crippen molar-refractivity contribution in [3.63, 3.8) is 0 Å². The summed E-state index contributed by atoms with van der Waals surface area (Å²) in [5, 5.41) is 5.84. The van der Waals surface area contributed by atoms with Gasteiger partial charge in [0, 0.05) is 17.3 Å². The number of nitrogens with one attached hydrogen (secondary N) is 1. The van der Waals surface area contributed by atoms with Gasteiger partial charge in [-0.3, -0.25) is 0 Å². The Morgan fingerprint density at radius 2 is 1.38 bits per heavy atom. The second-order valence-corrected chi connectivity index (χ2v) is 4.59. The predicted molar refractivity (Wildman–Crippen MR) is 95.9 cm³/mol. The number of nitrogens with two attached hydrogens (primary N) is 1. The van der Waals surface area contributed by atoms with Crippen molar-refractivity contribution < 1.29 is 0 Å². The molecule has 5 heteroatoms. The average molecular weight is 324 g/mol. The van der Waals surface area contributed by atoms with Crippen LogP contribution in [0.4, 0.5) is 5.69 Å². The van der Waals surface area contributed by atoms with Crippen LogP contribution >= 0.6 is 24.8 Å². The number of rotatable bonds is 4. The van der Waals surface area contributed by atoms with E-state index in [0.29, 0.717) is 6.54 Å². The van der Waals surface area contributed by atoms with Crippen LogP contribution in [0.15, 0.2) is 48.5 Å². The van der Waals surface area contributed by atoms with Crippen molar-refractivity contribution in [3.05, 3.63) is 48.5 Å². The summed E-state index contributed by atoms with van der Waals surface area (Å²) in [6.45, 7) is 1.59. The summed E-state index contributed by atoms with van der Waals surface area (Å²) in [7, 11) is 0. The first-order chi connectivity index (χ1) is 9.40. The highest BCUT2D eigenvalue weighted by atomic mass is 35.5. The van der Waals surface area contributed by atoms with Crippen molar-refractivity contribution in [2.75, 3.05) is 18.4 Å². The summed E-state index contributed by atoms with van der Waals surface area (Å²) in [6, 6.07) is 16.5. The summed E-state index contributed by atoms with van der Waals surface area (Å²) >= 11 is 0. The molecule has 0 spiro atoms. The minimum atomic E-state index is 0. The number of benzene rings is 2. The SMILES string of the molecule is Cl.Cl.NCCCNc1c2ccccc2nc2ccccc12. The van der Waals surface area contributed by atoms with E-state index in [1.54, 1.807) is 0 Å². The summed E-state index contributed by atoms with van der Waals surface area (Å²) in [5.74, 6) is 0. The number of hydrogen-bond acceptors (Lipinski definition) is 3. The predicted octanol–water partition coefficient (Wildman–Crippen LogP) is 3.99. The number of halogens is 2. The molecule has 112 valence electrons. The van der Waals surface area contributed by atoms with E-state index in [1.807, 2.05) is 24.3 Å². The summed E-state index contributed by atoms with van der Waals surface area (Å²) < 4.78 is 0. The molecule has 0 unspecified atom stereocenters. The van der Waals surface area contributed by atoms with E-state index in [0.717, 1.165) is 29.7 Å². The number of nitrogens with zero attached hydrogens (tertiary/aromatic N) is 1. The van der Waals surface area contributed by atoms with Crippen molar-refractivity contribution >= 4 is 52.3 Å². The van der Waals surface area contributed by atoms with Gasteiger partial charge in [0.05, 0.1) is 16.7 Å². The zero-order chi connectivity index (χ0) is 13.1. The largest absolute Gasteiger partial charge is 0.384 e. The average Bonchev–Trinajstić information content (AvgIpc) is 2.46. The molecule has 3 nitrogen and oxygen atoms in total. The maximum atomic E-state index is 5.57. The van der Waals surface area contributed by atoms with Crippen LogP contribution in [0.2, 0.25) is 0 Å². The third-order valence-corrected chi connectivity index (χ3v) is 3.27. The lowest BCUT2D eigenvalue weighted by Gasteiger charge is -2.12. The van der Waals surface area contributed by atoms with Crippen molar-refractivity contribution in [1.82, 2.24) is 4.98 Å². The van der Waals surface area contributed by atoms with E-state index in [2.05, 4.69) is 29.6 Å². The number of pyridine rings is 1. The molecule has 0 atom stereocenters. The monoisotopic (exact) mass is 323 g/mol. The van der Waals surface area contributed by atoms with Crippen LogP contribution in [0, 0.1) is 0 Å². The molecular weight excluding hydrogens is 305 g/mol. The Kier molecular flexibility index (Phi) is 6.69. The van der Waals surface area contributed by atoms with E-state index in [-0.39, 0.29) is 24.8 Å². The number of para-hydroxylation sites is 2. The highest BCUT2D eigenvalue weighted by Gasteiger charge is 2.07. The van der Waals surface area contributed by atoms with Gasteiger partial charge in [-0.25, -0.2) is 4.98 Å². The zero-order valence-electron chi connectivity index (χ0n) is 11.6. The van der Waals surface area contributed by atoms with Gasteiger partial charge in [0.2, 0.25) is 0 Å². The zero-order valence-corrected chi connectivity index (χ0v) is 13.2. The minimum Gasteiger partial charge on any atom is -0.384 e. The molecule has 0 amide bonds. The van der Waals surface area contributed by atoms with Gasteiger partial charge in [-0.05, 0) is 25.1 Å². The summed E-state index contributed by atoms with van der Waals surface area (Å²) in [6.07, 6.45) is 0.963. The molecule has 0 saturated carbocycles. The van der Waals surface area contributed by atoms with Gasteiger partial charge in [-0.15, -0.1) is 24.8 Å². The third kappa shape index (κ3) is 3.56. The standard InChI is InChI=1S/C16H17N3.2ClH/c17-10-5-11-18-16-12-6-1-3-8-14(12)19-15-9-4-2-7-13(15)16;;/h1-4,6-9H,5,10-11,17H2,(H,18,19);2*1H. The lowest BCUT2D eigenvalue weighted by molar-refractivity contribution is 0.876. The van der Waals surface area contributed by atoms with Gasteiger partial charge >= 0.3 is 0 Å². The van der Waals surface area contributed by atoms with Gasteiger partial charge in [0.25, 0.3) is 0 Å². The Hall–Kier alpha value is -1.55. The van der Waals surface area contributed by atoms with Crippen molar-refractivity contribution in [1.29, 1.82) is 0 Å². The number of anilines is 1. The Balaban J connectivity index is 0.00000110. The lowest BCUT2D eigenvalue weighted by atomic mass is 10.1. The van der Waals surface area contributed by atoms with Crippen LogP contribution in [0.3, 0.4) is 0 Å². The molecule has 3 aromatic rings. The fourth-order valence-electron chi connectivity index (χ4n) is 2.35. The Morgan fingerprint density at radius 1 is 0.857 bits per heavy atom. The van der Waals surface area contributed by atoms with Crippen molar-refractivity contribution in [2.45, 2.75) is 6.42 Å². The second kappa shape index (κ2) is 8.03. The smallest absolute Gasteiger partial charge is 0.0730 e. The van der Waals surface area contributed by atoms with Crippen LogP contribution in [-0.2, 0) is 0 Å². The minimum absolute atomic E-state index is 0. The topological polar surface area (TPSA) is 50.9 Å². The summed E-state index contributed by atoms with van der Waals surface area (Å²) in [5.41, 5.74) is 8.78. The summed E-state index contributed by atoms with van der Waals surface area (Å²) in [4.78, 5) is 4.70. The molecule has 0 aliphatic rings.